The van der Waals surface area contributed by atoms with E-state index in [-0.39, 0.29) is 17.0 Å². The molecule has 0 atom stereocenters. The monoisotopic (exact) mass is 234 g/mol. The smallest absolute Gasteiger partial charge is 0.134 e. The van der Waals surface area contributed by atoms with E-state index < -0.39 is 0 Å². The quantitative estimate of drug-likeness (QED) is 0.807. The van der Waals surface area contributed by atoms with Crippen LogP contribution in [-0.4, -0.2) is 5.78 Å². The predicted molar refractivity (Wildman–Crippen MR) is 64.5 cm³/mol. The van der Waals surface area contributed by atoms with Gasteiger partial charge >= 0.3 is 0 Å². The lowest BCUT2D eigenvalue weighted by Gasteiger charge is -2.19. The van der Waals surface area contributed by atoms with Gasteiger partial charge < -0.3 is 4.42 Å². The van der Waals surface area contributed by atoms with Crippen molar-refractivity contribution >= 4 is 16.8 Å². The van der Waals surface area contributed by atoms with Gasteiger partial charge in [0.1, 0.15) is 22.9 Å². The van der Waals surface area contributed by atoms with Crippen LogP contribution in [0.15, 0.2) is 28.7 Å². The fourth-order valence-electron chi connectivity index (χ4n) is 2.06. The second kappa shape index (κ2) is 3.99. The number of carbonyl (C=O) groups excluding carboxylic acids is 1. The van der Waals surface area contributed by atoms with Gasteiger partial charge in [0.2, 0.25) is 0 Å². The van der Waals surface area contributed by atoms with E-state index >= 15 is 0 Å². The molecule has 2 nitrogen and oxygen atoms in total. The van der Waals surface area contributed by atoms with Crippen LogP contribution in [0.2, 0.25) is 0 Å². The normalized spacial score (nSPS) is 12.0. The van der Waals surface area contributed by atoms with Crippen molar-refractivity contribution in [3.63, 3.8) is 0 Å². The highest BCUT2D eigenvalue weighted by atomic mass is 19.1. The first-order valence-corrected chi connectivity index (χ1v) is 5.57. The van der Waals surface area contributed by atoms with Gasteiger partial charge in [0.05, 0.1) is 0 Å². The Hall–Kier alpha value is -1.64. The second-order valence-corrected chi connectivity index (χ2v) is 5.06. The standard InChI is InChI=1S/C14H15FO2/c1-9(16)8-14(2,3)13-7-10-6-11(15)4-5-12(10)17-13/h4-7H,8H2,1-3H3. The van der Waals surface area contributed by atoms with Gasteiger partial charge in [-0.2, -0.15) is 0 Å². The summed E-state index contributed by atoms with van der Waals surface area (Å²) in [7, 11) is 0. The van der Waals surface area contributed by atoms with E-state index in [4.69, 9.17) is 4.42 Å². The molecule has 0 fully saturated rings. The summed E-state index contributed by atoms with van der Waals surface area (Å²) >= 11 is 0. The van der Waals surface area contributed by atoms with Crippen LogP contribution in [0.3, 0.4) is 0 Å². The zero-order chi connectivity index (χ0) is 12.6. The maximum Gasteiger partial charge on any atom is 0.134 e. The van der Waals surface area contributed by atoms with E-state index in [1.165, 1.54) is 12.1 Å². The number of benzene rings is 1. The molecule has 0 aliphatic rings. The van der Waals surface area contributed by atoms with E-state index in [9.17, 15) is 9.18 Å². The number of rotatable bonds is 3. The molecule has 0 N–H and O–H groups in total. The van der Waals surface area contributed by atoms with Crippen molar-refractivity contribution in [1.29, 1.82) is 0 Å². The van der Waals surface area contributed by atoms with Crippen molar-refractivity contribution in [3.8, 4) is 0 Å². The van der Waals surface area contributed by atoms with Gasteiger partial charge in [-0.15, -0.1) is 0 Å². The summed E-state index contributed by atoms with van der Waals surface area (Å²) < 4.78 is 18.7. The molecule has 2 rings (SSSR count). The first-order chi connectivity index (χ1) is 7.88. The number of ketones is 1. The predicted octanol–water partition coefficient (Wildman–Crippen LogP) is 3.83. The minimum Gasteiger partial charge on any atom is -0.460 e. The highest BCUT2D eigenvalue weighted by Gasteiger charge is 2.26. The van der Waals surface area contributed by atoms with Crippen molar-refractivity contribution in [2.45, 2.75) is 32.6 Å². The summed E-state index contributed by atoms with van der Waals surface area (Å²) in [6.07, 6.45) is 0.412. The molecule has 0 radical (unpaired) electrons. The maximum atomic E-state index is 13.1. The Morgan fingerprint density at radius 2 is 2.06 bits per heavy atom. The average molecular weight is 234 g/mol. The van der Waals surface area contributed by atoms with Gasteiger partial charge in [-0.25, -0.2) is 4.39 Å². The molecule has 0 spiro atoms. The van der Waals surface area contributed by atoms with Gasteiger partial charge in [0.15, 0.2) is 0 Å². The number of halogens is 1. The number of carbonyl (C=O) groups is 1. The largest absolute Gasteiger partial charge is 0.460 e. The zero-order valence-corrected chi connectivity index (χ0v) is 10.2. The maximum absolute atomic E-state index is 13.1. The van der Waals surface area contributed by atoms with Crippen LogP contribution in [0.5, 0.6) is 0 Å². The highest BCUT2D eigenvalue weighted by molar-refractivity contribution is 5.80. The van der Waals surface area contributed by atoms with E-state index in [2.05, 4.69) is 0 Å². The summed E-state index contributed by atoms with van der Waals surface area (Å²) in [5, 5.41) is 0.733. The second-order valence-electron chi connectivity index (χ2n) is 5.06. The van der Waals surface area contributed by atoms with E-state index in [1.807, 2.05) is 13.8 Å². The van der Waals surface area contributed by atoms with Crippen molar-refractivity contribution in [2.75, 3.05) is 0 Å². The summed E-state index contributed by atoms with van der Waals surface area (Å²) in [6.45, 7) is 5.45. The molecule has 1 aromatic heterocycles. The fraction of sp³-hybridized carbons (Fsp3) is 0.357. The van der Waals surface area contributed by atoms with E-state index in [1.54, 1.807) is 19.1 Å². The Morgan fingerprint density at radius 3 is 2.71 bits per heavy atom. The molecule has 0 unspecified atom stereocenters. The number of fused-ring (bicyclic) bond motifs is 1. The summed E-state index contributed by atoms with van der Waals surface area (Å²) in [4.78, 5) is 11.2. The molecule has 0 amide bonds. The molecule has 17 heavy (non-hydrogen) atoms. The summed E-state index contributed by atoms with van der Waals surface area (Å²) in [5.41, 5.74) is 0.291. The summed E-state index contributed by atoms with van der Waals surface area (Å²) in [5.74, 6) is 0.546. The molecule has 90 valence electrons. The zero-order valence-electron chi connectivity index (χ0n) is 10.2. The Balaban J connectivity index is 2.45. The Labute approximate surface area is 99.4 Å². The number of Topliss-reactive ketones (excluding diaryl/α,β-unsaturated/α-hetero) is 1. The molecule has 2 aromatic rings. The van der Waals surface area contributed by atoms with Crippen molar-refractivity contribution in [1.82, 2.24) is 0 Å². The van der Waals surface area contributed by atoms with Gasteiger partial charge in [-0.3, -0.25) is 4.79 Å². The Kier molecular flexibility index (Phi) is 2.77. The minimum atomic E-state index is -0.360. The van der Waals surface area contributed by atoms with Crippen LogP contribution >= 0.6 is 0 Å². The van der Waals surface area contributed by atoms with Crippen molar-refractivity contribution in [2.24, 2.45) is 0 Å². The van der Waals surface area contributed by atoms with Gasteiger partial charge in [-0.05, 0) is 31.2 Å². The molecule has 1 aromatic carbocycles. The number of hydrogen-bond acceptors (Lipinski definition) is 2. The molecule has 0 saturated heterocycles. The Morgan fingerprint density at radius 1 is 1.35 bits per heavy atom. The third kappa shape index (κ3) is 2.38. The molecule has 1 heterocycles. The topological polar surface area (TPSA) is 30.2 Å². The van der Waals surface area contributed by atoms with Crippen LogP contribution in [0.25, 0.3) is 11.0 Å². The lowest BCUT2D eigenvalue weighted by atomic mass is 9.85. The van der Waals surface area contributed by atoms with E-state index in [0.29, 0.717) is 17.8 Å². The van der Waals surface area contributed by atoms with Gasteiger partial charge in [0.25, 0.3) is 0 Å². The average Bonchev–Trinajstić information content (AvgIpc) is 2.58. The van der Waals surface area contributed by atoms with Crippen LogP contribution in [-0.2, 0) is 10.2 Å². The molecular weight excluding hydrogens is 219 g/mol. The first kappa shape index (κ1) is 11.8. The lowest BCUT2D eigenvalue weighted by molar-refractivity contribution is -0.118. The molecule has 3 heteroatoms. The third-order valence-corrected chi connectivity index (χ3v) is 2.84. The highest BCUT2D eigenvalue weighted by Crippen LogP contribution is 2.32. The molecule has 0 aliphatic carbocycles. The van der Waals surface area contributed by atoms with Gasteiger partial charge in [0, 0.05) is 17.2 Å². The SMILES string of the molecule is CC(=O)CC(C)(C)c1cc2cc(F)ccc2o1. The van der Waals surface area contributed by atoms with Crippen LogP contribution in [0.4, 0.5) is 4.39 Å². The number of furan rings is 1. The van der Waals surface area contributed by atoms with Crippen molar-refractivity contribution in [3.05, 3.63) is 35.8 Å². The van der Waals surface area contributed by atoms with Gasteiger partial charge in [-0.1, -0.05) is 13.8 Å². The molecular formula is C14H15FO2. The van der Waals surface area contributed by atoms with Crippen LogP contribution in [0.1, 0.15) is 33.0 Å². The lowest BCUT2D eigenvalue weighted by Crippen LogP contribution is -2.19. The number of hydrogen-bond donors (Lipinski definition) is 0. The molecule has 0 aliphatic heterocycles. The molecule has 0 saturated carbocycles. The Bertz CT molecular complexity index is 567. The fourth-order valence-corrected chi connectivity index (χ4v) is 2.06. The minimum absolute atomic E-state index is 0.113. The third-order valence-electron chi connectivity index (χ3n) is 2.84. The van der Waals surface area contributed by atoms with E-state index in [0.717, 1.165) is 5.39 Å². The van der Waals surface area contributed by atoms with Crippen molar-refractivity contribution < 1.29 is 13.6 Å². The summed E-state index contributed by atoms with van der Waals surface area (Å²) in [6, 6.07) is 6.22. The first-order valence-electron chi connectivity index (χ1n) is 5.57. The van der Waals surface area contributed by atoms with Crippen LogP contribution in [0, 0.1) is 5.82 Å². The van der Waals surface area contributed by atoms with Crippen LogP contribution < -0.4 is 0 Å². The molecule has 0 bridgehead atoms.